The Morgan fingerprint density at radius 1 is 1.12 bits per heavy atom. The first-order chi connectivity index (χ1) is 12.1. The van der Waals surface area contributed by atoms with Crippen LogP contribution in [0.5, 0.6) is 0 Å². The molecule has 0 aliphatic carbocycles. The van der Waals surface area contributed by atoms with Crippen LogP contribution in [-0.2, 0) is 16.0 Å². The van der Waals surface area contributed by atoms with Crippen molar-refractivity contribution in [2.75, 3.05) is 19.6 Å². The third-order valence-corrected chi connectivity index (χ3v) is 5.74. The summed E-state index contributed by atoms with van der Waals surface area (Å²) < 4.78 is 0. The third-order valence-electron chi connectivity index (χ3n) is 5.74. The number of amides is 1. The van der Waals surface area contributed by atoms with Crippen LogP contribution in [0.4, 0.5) is 0 Å². The molecule has 1 N–H and O–H groups in total. The molecule has 0 unspecified atom stereocenters. The van der Waals surface area contributed by atoms with Crippen molar-refractivity contribution in [1.29, 1.82) is 0 Å². The molecular weight excluding hydrogens is 316 g/mol. The van der Waals surface area contributed by atoms with Gasteiger partial charge in [0.05, 0.1) is 6.04 Å². The first-order valence-corrected chi connectivity index (χ1v) is 9.37. The number of hydrogen-bond donors (Lipinski definition) is 1. The van der Waals surface area contributed by atoms with Crippen LogP contribution in [0, 0.1) is 5.92 Å². The normalized spacial score (nSPS) is 23.6. The lowest BCUT2D eigenvalue weighted by atomic mass is 9.89. The Kier molecular flexibility index (Phi) is 5.74. The van der Waals surface area contributed by atoms with Gasteiger partial charge in [0, 0.05) is 6.54 Å². The fourth-order valence-electron chi connectivity index (χ4n) is 4.18. The highest BCUT2D eigenvalue weighted by molar-refractivity contribution is 5.87. The van der Waals surface area contributed by atoms with Crippen LogP contribution in [0.3, 0.4) is 0 Å². The lowest BCUT2D eigenvalue weighted by Crippen LogP contribution is -2.52. The minimum absolute atomic E-state index is 0.0218. The molecule has 0 saturated carbocycles. The number of nitrogens with zero attached hydrogens (tertiary/aromatic N) is 2. The Hall–Kier alpha value is -1.88. The van der Waals surface area contributed by atoms with Crippen molar-refractivity contribution in [3.63, 3.8) is 0 Å². The first-order valence-electron chi connectivity index (χ1n) is 9.37. The quantitative estimate of drug-likeness (QED) is 0.891. The fourth-order valence-corrected chi connectivity index (χ4v) is 4.18. The lowest BCUT2D eigenvalue weighted by molar-refractivity contribution is -0.150. The van der Waals surface area contributed by atoms with Crippen LogP contribution < -0.4 is 0 Å². The second kappa shape index (κ2) is 8.00. The van der Waals surface area contributed by atoms with E-state index >= 15 is 0 Å². The summed E-state index contributed by atoms with van der Waals surface area (Å²) in [4.78, 5) is 27.9. The molecule has 25 heavy (non-hydrogen) atoms. The number of likely N-dealkylation sites (tertiary alicyclic amines) is 2. The third kappa shape index (κ3) is 4.21. The number of benzene rings is 1. The summed E-state index contributed by atoms with van der Waals surface area (Å²) >= 11 is 0. The van der Waals surface area contributed by atoms with Gasteiger partial charge in [0.15, 0.2) is 0 Å². The molecule has 1 aromatic rings. The second-order valence-corrected chi connectivity index (χ2v) is 7.37. The minimum Gasteiger partial charge on any atom is -0.480 e. The Morgan fingerprint density at radius 2 is 1.80 bits per heavy atom. The SMILES string of the molecule is C[C@@H](C(=O)N1CCC[C@H]1C(=O)O)N1CCC(Cc2ccccc2)CC1. The summed E-state index contributed by atoms with van der Waals surface area (Å²) in [7, 11) is 0. The van der Waals surface area contributed by atoms with Crippen molar-refractivity contribution in [3.8, 4) is 0 Å². The Morgan fingerprint density at radius 3 is 2.44 bits per heavy atom. The highest BCUT2D eigenvalue weighted by Gasteiger charge is 2.38. The molecular formula is C20H28N2O3. The largest absolute Gasteiger partial charge is 0.480 e. The number of carbonyl (C=O) groups is 2. The van der Waals surface area contributed by atoms with E-state index in [0.717, 1.165) is 38.8 Å². The Labute approximate surface area is 149 Å². The predicted octanol–water partition coefficient (Wildman–Crippen LogP) is 2.41. The molecule has 2 aliphatic heterocycles. The number of carboxylic acid groups (broad SMARTS) is 1. The highest BCUT2D eigenvalue weighted by atomic mass is 16.4. The van der Waals surface area contributed by atoms with E-state index in [-0.39, 0.29) is 11.9 Å². The van der Waals surface area contributed by atoms with E-state index in [2.05, 4.69) is 29.2 Å². The number of carbonyl (C=O) groups excluding carboxylic acids is 1. The van der Waals surface area contributed by atoms with E-state index in [0.29, 0.717) is 18.9 Å². The number of carboxylic acids is 1. The topological polar surface area (TPSA) is 60.9 Å². The van der Waals surface area contributed by atoms with E-state index in [4.69, 9.17) is 0 Å². The summed E-state index contributed by atoms with van der Waals surface area (Å²) in [5.41, 5.74) is 1.38. The second-order valence-electron chi connectivity index (χ2n) is 7.37. The Balaban J connectivity index is 1.52. The van der Waals surface area contributed by atoms with Gasteiger partial charge in [-0.3, -0.25) is 9.69 Å². The van der Waals surface area contributed by atoms with Gasteiger partial charge in [0.2, 0.25) is 5.91 Å². The number of rotatable bonds is 5. The molecule has 0 bridgehead atoms. The molecule has 2 atom stereocenters. The summed E-state index contributed by atoms with van der Waals surface area (Å²) in [6.07, 6.45) is 4.65. The number of piperidine rings is 1. The molecule has 0 aromatic heterocycles. The molecule has 2 fully saturated rings. The molecule has 2 heterocycles. The molecule has 1 aromatic carbocycles. The van der Waals surface area contributed by atoms with Gasteiger partial charge in [0.1, 0.15) is 6.04 Å². The van der Waals surface area contributed by atoms with Crippen LogP contribution >= 0.6 is 0 Å². The number of hydrogen-bond acceptors (Lipinski definition) is 3. The lowest BCUT2D eigenvalue weighted by Gasteiger charge is -2.37. The molecule has 5 nitrogen and oxygen atoms in total. The van der Waals surface area contributed by atoms with Crippen molar-refractivity contribution < 1.29 is 14.7 Å². The zero-order valence-corrected chi connectivity index (χ0v) is 14.9. The van der Waals surface area contributed by atoms with E-state index in [1.54, 1.807) is 4.90 Å². The smallest absolute Gasteiger partial charge is 0.326 e. The number of aliphatic carboxylic acids is 1. The van der Waals surface area contributed by atoms with E-state index in [1.165, 1.54) is 5.56 Å². The van der Waals surface area contributed by atoms with Gasteiger partial charge in [-0.05, 0) is 63.6 Å². The molecule has 0 spiro atoms. The Bertz CT molecular complexity index is 596. The van der Waals surface area contributed by atoms with Gasteiger partial charge >= 0.3 is 5.97 Å². The molecule has 3 rings (SSSR count). The van der Waals surface area contributed by atoms with E-state index < -0.39 is 12.0 Å². The zero-order valence-electron chi connectivity index (χ0n) is 14.9. The van der Waals surface area contributed by atoms with Gasteiger partial charge in [-0.1, -0.05) is 30.3 Å². The maximum Gasteiger partial charge on any atom is 0.326 e. The highest BCUT2D eigenvalue weighted by Crippen LogP contribution is 2.25. The molecule has 1 amide bonds. The monoisotopic (exact) mass is 344 g/mol. The van der Waals surface area contributed by atoms with Crippen LogP contribution in [0.25, 0.3) is 0 Å². The van der Waals surface area contributed by atoms with Crippen LogP contribution in [0.1, 0.15) is 38.2 Å². The summed E-state index contributed by atoms with van der Waals surface area (Å²) in [6.45, 7) is 4.33. The molecule has 5 heteroatoms. The summed E-state index contributed by atoms with van der Waals surface area (Å²) in [5, 5.41) is 9.29. The first kappa shape index (κ1) is 17.9. The van der Waals surface area contributed by atoms with Crippen molar-refractivity contribution in [2.24, 2.45) is 5.92 Å². The zero-order chi connectivity index (χ0) is 17.8. The van der Waals surface area contributed by atoms with Crippen molar-refractivity contribution in [3.05, 3.63) is 35.9 Å². The standard InChI is InChI=1S/C20H28N2O3/c1-15(19(23)22-11-5-8-18(22)20(24)25)21-12-9-17(10-13-21)14-16-6-3-2-4-7-16/h2-4,6-7,15,17-18H,5,8-14H2,1H3,(H,24,25)/t15-,18-/m0/s1. The summed E-state index contributed by atoms with van der Waals surface area (Å²) in [5.74, 6) is -0.231. The van der Waals surface area contributed by atoms with Gasteiger partial charge in [-0.15, -0.1) is 0 Å². The predicted molar refractivity (Wildman–Crippen MR) is 96.3 cm³/mol. The van der Waals surface area contributed by atoms with Gasteiger partial charge < -0.3 is 10.0 Å². The molecule has 2 saturated heterocycles. The van der Waals surface area contributed by atoms with Crippen molar-refractivity contribution in [2.45, 2.75) is 51.1 Å². The fraction of sp³-hybridized carbons (Fsp3) is 0.600. The van der Waals surface area contributed by atoms with Crippen LogP contribution in [0.15, 0.2) is 30.3 Å². The van der Waals surface area contributed by atoms with Gasteiger partial charge in [0.25, 0.3) is 0 Å². The molecule has 136 valence electrons. The molecule has 0 radical (unpaired) electrons. The maximum atomic E-state index is 12.8. The average Bonchev–Trinajstić information content (AvgIpc) is 3.12. The van der Waals surface area contributed by atoms with E-state index in [9.17, 15) is 14.7 Å². The summed E-state index contributed by atoms with van der Waals surface area (Å²) in [6, 6.07) is 9.71. The molecule has 2 aliphatic rings. The average molecular weight is 344 g/mol. The van der Waals surface area contributed by atoms with Gasteiger partial charge in [-0.2, -0.15) is 0 Å². The van der Waals surface area contributed by atoms with Crippen molar-refractivity contribution in [1.82, 2.24) is 9.80 Å². The van der Waals surface area contributed by atoms with Crippen LogP contribution in [0.2, 0.25) is 0 Å². The van der Waals surface area contributed by atoms with Gasteiger partial charge in [-0.25, -0.2) is 4.79 Å². The maximum absolute atomic E-state index is 12.8. The van der Waals surface area contributed by atoms with Crippen molar-refractivity contribution >= 4 is 11.9 Å². The minimum atomic E-state index is -0.875. The van der Waals surface area contributed by atoms with E-state index in [1.807, 2.05) is 13.0 Å². The van der Waals surface area contributed by atoms with Crippen LogP contribution in [-0.4, -0.2) is 58.5 Å².